The highest BCUT2D eigenvalue weighted by Crippen LogP contribution is 2.25. The van der Waals surface area contributed by atoms with E-state index in [4.69, 9.17) is 5.73 Å². The summed E-state index contributed by atoms with van der Waals surface area (Å²) in [7, 11) is -3.11. The molecule has 3 atom stereocenters. The molecule has 0 aromatic heterocycles. The van der Waals surface area contributed by atoms with E-state index in [1.54, 1.807) is 4.90 Å². The van der Waals surface area contributed by atoms with Gasteiger partial charge in [0.05, 0.1) is 11.8 Å². The Balaban J connectivity index is 1.87. The lowest BCUT2D eigenvalue weighted by atomic mass is 9.85. The second-order valence-corrected chi connectivity index (χ2v) is 8.33. The van der Waals surface area contributed by atoms with Gasteiger partial charge in [-0.05, 0) is 25.2 Å². The molecule has 21 heavy (non-hydrogen) atoms. The maximum atomic E-state index is 12.3. The molecule has 0 radical (unpaired) electrons. The highest BCUT2D eigenvalue weighted by atomic mass is 32.2. The van der Waals surface area contributed by atoms with Crippen molar-refractivity contribution < 1.29 is 18.0 Å². The first-order chi connectivity index (χ1) is 9.76. The topological polar surface area (TPSA) is 110 Å². The molecule has 2 aliphatic heterocycles. The van der Waals surface area contributed by atoms with E-state index in [2.05, 4.69) is 5.32 Å². The Morgan fingerprint density at radius 2 is 2.19 bits per heavy atom. The summed E-state index contributed by atoms with van der Waals surface area (Å²) in [5.74, 6) is 0.105. The maximum Gasteiger partial charge on any atom is 0.239 e. The fourth-order valence-electron chi connectivity index (χ4n) is 3.01. The molecule has 0 spiro atoms. The van der Waals surface area contributed by atoms with Crippen LogP contribution in [-0.2, 0) is 19.4 Å². The van der Waals surface area contributed by atoms with E-state index >= 15 is 0 Å². The van der Waals surface area contributed by atoms with Crippen LogP contribution in [0, 0.1) is 5.92 Å². The Bertz CT molecular complexity index is 520. The molecular weight excluding hydrogens is 294 g/mol. The van der Waals surface area contributed by atoms with Crippen LogP contribution >= 0.6 is 0 Å². The number of amides is 2. The number of piperidine rings is 2. The Labute approximate surface area is 125 Å². The monoisotopic (exact) mass is 317 g/mol. The first kappa shape index (κ1) is 16.2. The molecule has 0 aliphatic carbocycles. The minimum Gasteiger partial charge on any atom is -0.353 e. The zero-order valence-electron chi connectivity index (χ0n) is 12.2. The van der Waals surface area contributed by atoms with Crippen LogP contribution in [0.5, 0.6) is 0 Å². The minimum absolute atomic E-state index is 0.0736. The molecule has 2 fully saturated rings. The molecule has 2 heterocycles. The molecule has 2 aliphatic rings. The third-order valence-corrected chi connectivity index (χ3v) is 5.23. The van der Waals surface area contributed by atoms with E-state index in [0.29, 0.717) is 19.5 Å². The number of rotatable bonds is 4. The molecule has 2 rings (SSSR count). The number of nitrogens with one attached hydrogen (secondary N) is 1. The Morgan fingerprint density at radius 1 is 1.48 bits per heavy atom. The normalized spacial score (nSPS) is 27.7. The number of carbonyl (C=O) groups excluding carboxylic acids is 2. The fourth-order valence-corrected chi connectivity index (χ4v) is 3.69. The number of carbonyl (C=O) groups is 2. The first-order valence-corrected chi connectivity index (χ1v) is 9.34. The van der Waals surface area contributed by atoms with Gasteiger partial charge >= 0.3 is 0 Å². The molecule has 0 aromatic rings. The SMILES string of the molecule is CS(=O)(=O)CCC(N)C(=O)N1CCC2NC(=O)CCC2C1. The second kappa shape index (κ2) is 6.31. The highest BCUT2D eigenvalue weighted by Gasteiger charge is 2.36. The van der Waals surface area contributed by atoms with Crippen LogP contribution in [0.4, 0.5) is 0 Å². The van der Waals surface area contributed by atoms with Crippen LogP contribution in [0.1, 0.15) is 25.7 Å². The zero-order valence-corrected chi connectivity index (χ0v) is 13.1. The van der Waals surface area contributed by atoms with Crippen molar-refractivity contribution in [3.63, 3.8) is 0 Å². The fraction of sp³-hybridized carbons (Fsp3) is 0.846. The van der Waals surface area contributed by atoms with E-state index in [1.807, 2.05) is 0 Å². The predicted octanol–water partition coefficient (Wildman–Crippen LogP) is -1.12. The first-order valence-electron chi connectivity index (χ1n) is 7.28. The summed E-state index contributed by atoms with van der Waals surface area (Å²) in [5, 5.41) is 2.96. The minimum atomic E-state index is -3.11. The molecule has 7 nitrogen and oxygen atoms in total. The number of hydrogen-bond acceptors (Lipinski definition) is 5. The number of likely N-dealkylation sites (tertiary alicyclic amines) is 1. The van der Waals surface area contributed by atoms with Crippen molar-refractivity contribution in [3.05, 3.63) is 0 Å². The molecule has 8 heteroatoms. The third-order valence-electron chi connectivity index (χ3n) is 4.25. The lowest BCUT2D eigenvalue weighted by Gasteiger charge is -2.42. The van der Waals surface area contributed by atoms with Crippen molar-refractivity contribution >= 4 is 21.7 Å². The van der Waals surface area contributed by atoms with E-state index in [-0.39, 0.29) is 35.9 Å². The predicted molar refractivity (Wildman–Crippen MR) is 78.2 cm³/mol. The summed E-state index contributed by atoms with van der Waals surface area (Å²) in [6.45, 7) is 1.16. The highest BCUT2D eigenvalue weighted by molar-refractivity contribution is 7.90. The average Bonchev–Trinajstić information content (AvgIpc) is 2.42. The van der Waals surface area contributed by atoms with Gasteiger partial charge in [-0.1, -0.05) is 0 Å². The summed E-state index contributed by atoms with van der Waals surface area (Å²) in [4.78, 5) is 25.3. The van der Waals surface area contributed by atoms with Crippen molar-refractivity contribution in [2.24, 2.45) is 11.7 Å². The van der Waals surface area contributed by atoms with Crippen molar-refractivity contribution in [1.29, 1.82) is 0 Å². The maximum absolute atomic E-state index is 12.3. The van der Waals surface area contributed by atoms with Crippen LogP contribution in [0.25, 0.3) is 0 Å². The van der Waals surface area contributed by atoms with Gasteiger partial charge in [-0.25, -0.2) is 8.42 Å². The van der Waals surface area contributed by atoms with Crippen LogP contribution in [0.3, 0.4) is 0 Å². The number of nitrogens with zero attached hydrogens (tertiary/aromatic N) is 1. The van der Waals surface area contributed by atoms with Gasteiger partial charge in [-0.3, -0.25) is 9.59 Å². The van der Waals surface area contributed by atoms with Crippen LogP contribution in [0.2, 0.25) is 0 Å². The second-order valence-electron chi connectivity index (χ2n) is 6.07. The number of fused-ring (bicyclic) bond motifs is 1. The standard InChI is InChI=1S/C13H23N3O4S/c1-21(19,20)7-5-10(14)13(18)16-6-4-11-9(8-16)2-3-12(17)15-11/h9-11H,2-8,14H2,1H3,(H,15,17). The van der Waals surface area contributed by atoms with E-state index in [0.717, 1.165) is 19.1 Å². The molecule has 0 aromatic carbocycles. The number of nitrogens with two attached hydrogens (primary N) is 1. The summed E-state index contributed by atoms with van der Waals surface area (Å²) < 4.78 is 22.3. The average molecular weight is 317 g/mol. The van der Waals surface area contributed by atoms with Gasteiger partial charge in [0.1, 0.15) is 9.84 Å². The van der Waals surface area contributed by atoms with Gasteiger partial charge in [0.2, 0.25) is 11.8 Å². The lowest BCUT2D eigenvalue weighted by Crippen LogP contribution is -2.57. The third kappa shape index (κ3) is 4.41. The Kier molecular flexibility index (Phi) is 4.88. The van der Waals surface area contributed by atoms with Gasteiger partial charge < -0.3 is 16.0 Å². The van der Waals surface area contributed by atoms with E-state index in [9.17, 15) is 18.0 Å². The molecular formula is C13H23N3O4S. The van der Waals surface area contributed by atoms with Gasteiger partial charge in [0.15, 0.2) is 0 Å². The molecule has 0 saturated carbocycles. The summed E-state index contributed by atoms with van der Waals surface area (Å²) >= 11 is 0. The zero-order chi connectivity index (χ0) is 15.6. The van der Waals surface area contributed by atoms with Crippen molar-refractivity contribution in [3.8, 4) is 0 Å². The van der Waals surface area contributed by atoms with Crippen molar-refractivity contribution in [1.82, 2.24) is 10.2 Å². The van der Waals surface area contributed by atoms with Crippen LogP contribution < -0.4 is 11.1 Å². The molecule has 3 unspecified atom stereocenters. The summed E-state index contributed by atoms with van der Waals surface area (Å²) in [6.07, 6.45) is 3.32. The van der Waals surface area contributed by atoms with Gasteiger partial charge in [0.25, 0.3) is 0 Å². The summed E-state index contributed by atoms with van der Waals surface area (Å²) in [5.41, 5.74) is 5.82. The van der Waals surface area contributed by atoms with E-state index in [1.165, 1.54) is 0 Å². The Morgan fingerprint density at radius 3 is 2.86 bits per heavy atom. The summed E-state index contributed by atoms with van der Waals surface area (Å²) in [6, 6.07) is -0.614. The smallest absolute Gasteiger partial charge is 0.239 e. The lowest BCUT2D eigenvalue weighted by molar-refractivity contribution is -0.136. The molecule has 120 valence electrons. The van der Waals surface area contributed by atoms with Crippen molar-refractivity contribution in [2.75, 3.05) is 25.1 Å². The van der Waals surface area contributed by atoms with Gasteiger partial charge in [-0.15, -0.1) is 0 Å². The van der Waals surface area contributed by atoms with Crippen molar-refractivity contribution in [2.45, 2.75) is 37.8 Å². The quantitative estimate of drug-likeness (QED) is 0.682. The van der Waals surface area contributed by atoms with Gasteiger partial charge in [0, 0.05) is 31.8 Å². The number of sulfone groups is 1. The number of hydrogen-bond donors (Lipinski definition) is 2. The molecule has 0 bridgehead atoms. The molecule has 2 amide bonds. The van der Waals surface area contributed by atoms with Crippen LogP contribution in [-0.4, -0.2) is 62.3 Å². The van der Waals surface area contributed by atoms with Crippen LogP contribution in [0.15, 0.2) is 0 Å². The Hall–Kier alpha value is -1.15. The van der Waals surface area contributed by atoms with E-state index < -0.39 is 15.9 Å². The molecule has 2 saturated heterocycles. The van der Waals surface area contributed by atoms with Gasteiger partial charge in [-0.2, -0.15) is 0 Å². The molecule has 3 N–H and O–H groups in total. The largest absolute Gasteiger partial charge is 0.353 e.